The number of benzene rings is 1. The van der Waals surface area contributed by atoms with Gasteiger partial charge in [-0.1, -0.05) is 6.07 Å². The van der Waals surface area contributed by atoms with Gasteiger partial charge in [0, 0.05) is 52.7 Å². The van der Waals surface area contributed by atoms with Crippen molar-refractivity contribution >= 4 is 55.9 Å². The lowest BCUT2D eigenvalue weighted by molar-refractivity contribution is -0.138. The van der Waals surface area contributed by atoms with Gasteiger partial charge in [0.15, 0.2) is 17.2 Å². The third-order valence-electron chi connectivity index (χ3n) is 7.89. The number of nitrogens with one attached hydrogen (secondary N) is 1. The van der Waals surface area contributed by atoms with E-state index in [1.807, 2.05) is 37.4 Å². The van der Waals surface area contributed by atoms with Gasteiger partial charge in [0.25, 0.3) is 0 Å². The van der Waals surface area contributed by atoms with Crippen molar-refractivity contribution < 1.29 is 14.4 Å². The number of aryl methyl sites for hydroxylation is 1. The molecule has 2 fully saturated rings. The number of nitrogens with zero attached hydrogens (tertiary/aromatic N) is 7. The lowest BCUT2D eigenvalue weighted by Crippen LogP contribution is -2.46. The molecule has 11 nitrogen and oxygen atoms in total. The van der Waals surface area contributed by atoms with Gasteiger partial charge in [-0.3, -0.25) is 19.4 Å². The number of likely N-dealkylation sites (tertiary alicyclic amines) is 1. The van der Waals surface area contributed by atoms with Gasteiger partial charge >= 0.3 is 0 Å². The van der Waals surface area contributed by atoms with Crippen LogP contribution in [0.5, 0.6) is 0 Å². The molecule has 1 saturated heterocycles. The maximum Gasteiger partial charge on any atom is 0.248 e. The van der Waals surface area contributed by atoms with Crippen molar-refractivity contribution in [2.24, 2.45) is 5.92 Å². The lowest BCUT2D eigenvalue weighted by Gasteiger charge is -2.27. The molecule has 4 aromatic heterocycles. The summed E-state index contributed by atoms with van der Waals surface area (Å²) in [7, 11) is 0. The zero-order valence-electron chi connectivity index (χ0n) is 22.3. The van der Waals surface area contributed by atoms with Gasteiger partial charge in [-0.15, -0.1) is 0 Å². The number of carbonyl (C=O) groups excluding carboxylic acids is 3. The average molecular weight is 613 g/mol. The molecule has 1 N–H and O–H groups in total. The van der Waals surface area contributed by atoms with E-state index in [-0.39, 0.29) is 30.2 Å². The van der Waals surface area contributed by atoms with E-state index in [1.165, 1.54) is 19.3 Å². The van der Waals surface area contributed by atoms with Crippen LogP contribution in [-0.4, -0.2) is 63.7 Å². The number of aromatic nitrogens is 6. The normalized spacial score (nSPS) is 19.5. The van der Waals surface area contributed by atoms with Crippen LogP contribution in [-0.2, 0) is 16.1 Å². The standard InChI is InChI=1S/C29H25BrN8O3/c1-15-5-27-32-9-19(12-37(27)35-15)17-3-4-22-20(6-17)21(16(2)39)13-36(22)14-28(40)38-23-7-18(23)8-24(38)29(41)34-26-11-31-10-25(30)33-26/h3-6,9-13,18,23-24H,7-8,14H2,1-2H3,(H,33,34,41)/t18-,23-,24+/m1/s1. The molecular weight excluding hydrogens is 588 g/mol. The number of ketones is 1. The number of piperidine rings is 1. The number of fused-ring (bicyclic) bond motifs is 3. The molecule has 7 rings (SSSR count). The number of halogens is 1. The maximum atomic E-state index is 13.7. The largest absolute Gasteiger partial charge is 0.337 e. The van der Waals surface area contributed by atoms with Gasteiger partial charge in [0.05, 0.1) is 18.1 Å². The van der Waals surface area contributed by atoms with Crippen molar-refractivity contribution in [1.29, 1.82) is 0 Å². The quantitative estimate of drug-likeness (QED) is 0.287. The van der Waals surface area contributed by atoms with Crippen LogP contribution in [0.2, 0.25) is 0 Å². The highest BCUT2D eigenvalue weighted by Gasteiger charge is 2.56. The second-order valence-electron chi connectivity index (χ2n) is 10.7. The Bertz CT molecular complexity index is 1900. The van der Waals surface area contributed by atoms with Crippen molar-refractivity contribution in [3.05, 3.63) is 71.1 Å². The fraction of sp³-hybridized carbons (Fsp3) is 0.276. The highest BCUT2D eigenvalue weighted by atomic mass is 79.9. The van der Waals surface area contributed by atoms with Crippen LogP contribution in [0.15, 0.2) is 59.9 Å². The number of carbonyl (C=O) groups is 3. The molecule has 0 spiro atoms. The predicted molar refractivity (Wildman–Crippen MR) is 154 cm³/mol. The first kappa shape index (κ1) is 25.5. The molecule has 1 saturated carbocycles. The Hall–Kier alpha value is -4.45. The smallest absolute Gasteiger partial charge is 0.248 e. The summed E-state index contributed by atoms with van der Waals surface area (Å²) in [6.45, 7) is 3.46. The van der Waals surface area contributed by atoms with E-state index in [0.717, 1.165) is 39.8 Å². The van der Waals surface area contributed by atoms with Crippen LogP contribution in [0.4, 0.5) is 5.82 Å². The fourth-order valence-electron chi connectivity index (χ4n) is 5.92. The highest BCUT2D eigenvalue weighted by molar-refractivity contribution is 9.10. The Morgan fingerprint density at radius 1 is 1.07 bits per heavy atom. The van der Waals surface area contributed by atoms with Gasteiger partial charge in [0.2, 0.25) is 11.8 Å². The number of rotatable bonds is 6. The zero-order chi connectivity index (χ0) is 28.4. The van der Waals surface area contributed by atoms with Crippen molar-refractivity contribution in [3.8, 4) is 11.1 Å². The summed E-state index contributed by atoms with van der Waals surface area (Å²) in [5, 5.41) is 8.01. The van der Waals surface area contributed by atoms with Gasteiger partial charge in [-0.2, -0.15) is 5.10 Å². The van der Waals surface area contributed by atoms with Crippen LogP contribution < -0.4 is 5.32 Å². The van der Waals surface area contributed by atoms with E-state index in [4.69, 9.17) is 0 Å². The molecule has 3 atom stereocenters. The Morgan fingerprint density at radius 3 is 2.73 bits per heavy atom. The van der Waals surface area contributed by atoms with Crippen molar-refractivity contribution in [2.75, 3.05) is 5.32 Å². The molecule has 1 aromatic carbocycles. The minimum Gasteiger partial charge on any atom is -0.337 e. The molecule has 12 heteroatoms. The van der Waals surface area contributed by atoms with Crippen LogP contribution in [0.3, 0.4) is 0 Å². The summed E-state index contributed by atoms with van der Waals surface area (Å²) in [6.07, 6.45) is 9.95. The summed E-state index contributed by atoms with van der Waals surface area (Å²) >= 11 is 3.26. The first-order valence-electron chi connectivity index (χ1n) is 13.3. The van der Waals surface area contributed by atoms with Crippen LogP contribution >= 0.6 is 15.9 Å². The Balaban J connectivity index is 1.17. The van der Waals surface area contributed by atoms with Gasteiger partial charge in [-0.25, -0.2) is 14.5 Å². The third-order valence-corrected chi connectivity index (χ3v) is 8.27. The molecule has 206 valence electrons. The molecule has 0 bridgehead atoms. The maximum absolute atomic E-state index is 13.7. The number of amides is 2. The molecule has 41 heavy (non-hydrogen) atoms. The van der Waals surface area contributed by atoms with Gasteiger partial charge < -0.3 is 14.8 Å². The summed E-state index contributed by atoms with van der Waals surface area (Å²) in [6, 6.07) is 7.21. The molecule has 2 amide bonds. The first-order chi connectivity index (χ1) is 19.7. The number of Topliss-reactive ketones (excluding diaryl/α,β-unsaturated/α-hetero) is 1. The Morgan fingerprint density at radius 2 is 1.93 bits per heavy atom. The molecule has 5 heterocycles. The van der Waals surface area contributed by atoms with E-state index >= 15 is 0 Å². The molecule has 0 radical (unpaired) electrons. The Kier molecular flexibility index (Phi) is 5.96. The van der Waals surface area contributed by atoms with Crippen LogP contribution in [0.1, 0.15) is 35.8 Å². The molecule has 5 aromatic rings. The SMILES string of the molecule is CC(=O)c1cn(CC(=O)N2[C@@H]3C[C@@H]3C[C@H]2C(=O)Nc2cncc(Br)n2)c2ccc(-c3cnc4cc(C)nn4c3)cc12. The Labute approximate surface area is 242 Å². The number of hydrogen-bond donors (Lipinski definition) is 1. The highest BCUT2D eigenvalue weighted by Crippen LogP contribution is 2.48. The second kappa shape index (κ2) is 9.58. The van der Waals surface area contributed by atoms with E-state index in [9.17, 15) is 14.4 Å². The van der Waals surface area contributed by atoms with E-state index in [2.05, 4.69) is 41.3 Å². The van der Waals surface area contributed by atoms with Crippen molar-refractivity contribution in [2.45, 2.75) is 45.3 Å². The summed E-state index contributed by atoms with van der Waals surface area (Å²) in [4.78, 5) is 54.0. The van der Waals surface area contributed by atoms with E-state index in [0.29, 0.717) is 28.3 Å². The number of anilines is 1. The predicted octanol–water partition coefficient (Wildman–Crippen LogP) is 4.04. The third kappa shape index (κ3) is 4.57. The van der Waals surface area contributed by atoms with E-state index < -0.39 is 6.04 Å². The monoisotopic (exact) mass is 612 g/mol. The topological polar surface area (TPSA) is 127 Å². The summed E-state index contributed by atoms with van der Waals surface area (Å²) in [5.41, 5.74) is 4.70. The molecular formula is C29H25BrN8O3. The van der Waals surface area contributed by atoms with E-state index in [1.54, 1.807) is 26.4 Å². The van der Waals surface area contributed by atoms with Crippen LogP contribution in [0, 0.1) is 12.8 Å². The van der Waals surface area contributed by atoms with Gasteiger partial charge in [-0.05, 0) is 66.2 Å². The minimum absolute atomic E-state index is 0.0207. The van der Waals surface area contributed by atoms with Gasteiger partial charge in [0.1, 0.15) is 17.2 Å². The fourth-order valence-corrected chi connectivity index (χ4v) is 6.23. The van der Waals surface area contributed by atoms with Crippen molar-refractivity contribution in [1.82, 2.24) is 34.0 Å². The molecule has 0 unspecified atom stereocenters. The summed E-state index contributed by atoms with van der Waals surface area (Å²) in [5.74, 6) is 0.125. The second-order valence-corrected chi connectivity index (χ2v) is 11.5. The summed E-state index contributed by atoms with van der Waals surface area (Å²) < 4.78 is 4.05. The zero-order valence-corrected chi connectivity index (χ0v) is 23.9. The molecule has 2 aliphatic rings. The van der Waals surface area contributed by atoms with Crippen molar-refractivity contribution in [3.63, 3.8) is 0 Å². The lowest BCUT2D eigenvalue weighted by atomic mass is 10.0. The van der Waals surface area contributed by atoms with Crippen LogP contribution in [0.25, 0.3) is 27.7 Å². The number of hydrogen-bond acceptors (Lipinski definition) is 7. The first-order valence-corrected chi connectivity index (χ1v) is 14.1. The molecule has 1 aliphatic carbocycles. The molecule has 1 aliphatic heterocycles. The minimum atomic E-state index is -0.582. The average Bonchev–Trinajstić information content (AvgIpc) is 3.25.